The summed E-state index contributed by atoms with van der Waals surface area (Å²) in [5, 5.41) is 29.9. The van der Waals surface area contributed by atoms with Crippen molar-refractivity contribution in [1.29, 1.82) is 0 Å². The van der Waals surface area contributed by atoms with Gasteiger partial charge in [0, 0.05) is 6.42 Å². The number of aliphatic hydroxyl groups is 1. The molecule has 2 atom stereocenters. The van der Waals surface area contributed by atoms with E-state index in [1.165, 1.54) is 30.3 Å². The molecule has 0 aliphatic heterocycles. The number of hydrogen-bond acceptors (Lipinski definition) is 6. The first-order valence-electron chi connectivity index (χ1n) is 9.24. The third kappa shape index (κ3) is 5.93. The van der Waals surface area contributed by atoms with E-state index < -0.39 is 18.0 Å². The van der Waals surface area contributed by atoms with E-state index in [9.17, 15) is 24.9 Å². The Balaban J connectivity index is 2.32. The monoisotopic (exact) mass is 398 g/mol. The van der Waals surface area contributed by atoms with Crippen LogP contribution in [0.2, 0.25) is 0 Å². The van der Waals surface area contributed by atoms with E-state index in [4.69, 9.17) is 0 Å². The van der Waals surface area contributed by atoms with Crippen LogP contribution in [0.15, 0.2) is 54.1 Å². The highest BCUT2D eigenvalue weighted by Crippen LogP contribution is 2.27. The number of allylic oxidation sites excluding steroid dienone is 2. The first-order valence-corrected chi connectivity index (χ1v) is 9.24. The molecule has 0 radical (unpaired) electrons. The number of phenols is 2. The number of esters is 1. The number of ketones is 1. The zero-order valence-electron chi connectivity index (χ0n) is 16.8. The van der Waals surface area contributed by atoms with Crippen LogP contribution >= 0.6 is 0 Å². The highest BCUT2D eigenvalue weighted by Gasteiger charge is 2.34. The average Bonchev–Trinajstić information content (AvgIpc) is 2.69. The van der Waals surface area contributed by atoms with Crippen molar-refractivity contribution in [3.63, 3.8) is 0 Å². The van der Waals surface area contributed by atoms with Crippen molar-refractivity contribution in [2.24, 2.45) is 0 Å². The molecule has 6 nitrogen and oxygen atoms in total. The van der Waals surface area contributed by atoms with Crippen molar-refractivity contribution in [3.8, 4) is 11.5 Å². The highest BCUT2D eigenvalue weighted by molar-refractivity contribution is 5.93. The SMILES string of the molecule is COC(=O)C(O)C(C(=O)Cc1ccc(O)c(CC=C(C)C)c1)c1ccc(O)cc1. The molecule has 2 aromatic rings. The van der Waals surface area contributed by atoms with Crippen molar-refractivity contribution in [1.82, 2.24) is 0 Å². The number of methoxy groups -OCH3 is 1. The number of hydrogen-bond donors (Lipinski definition) is 3. The van der Waals surface area contributed by atoms with Gasteiger partial charge < -0.3 is 20.1 Å². The van der Waals surface area contributed by atoms with Crippen LogP contribution in [0.3, 0.4) is 0 Å². The average molecular weight is 398 g/mol. The van der Waals surface area contributed by atoms with Gasteiger partial charge in [0.1, 0.15) is 17.3 Å². The zero-order chi connectivity index (χ0) is 21.6. The fourth-order valence-corrected chi connectivity index (χ4v) is 3.02. The quantitative estimate of drug-likeness (QED) is 0.466. The van der Waals surface area contributed by atoms with Gasteiger partial charge in [-0.05, 0) is 55.2 Å². The summed E-state index contributed by atoms with van der Waals surface area (Å²) in [6, 6.07) is 10.7. The Hall–Kier alpha value is -3.12. The van der Waals surface area contributed by atoms with Gasteiger partial charge in [-0.3, -0.25) is 4.79 Å². The summed E-state index contributed by atoms with van der Waals surface area (Å²) < 4.78 is 4.60. The van der Waals surface area contributed by atoms with Gasteiger partial charge in [0.05, 0.1) is 13.0 Å². The minimum atomic E-state index is -1.67. The van der Waals surface area contributed by atoms with E-state index in [0.29, 0.717) is 23.1 Å². The normalized spacial score (nSPS) is 12.7. The zero-order valence-corrected chi connectivity index (χ0v) is 16.8. The summed E-state index contributed by atoms with van der Waals surface area (Å²) in [6.45, 7) is 3.92. The summed E-state index contributed by atoms with van der Waals surface area (Å²) in [7, 11) is 1.14. The number of aliphatic hydroxyl groups excluding tert-OH is 1. The summed E-state index contributed by atoms with van der Waals surface area (Å²) in [6.07, 6.45) is 0.796. The molecule has 154 valence electrons. The van der Waals surface area contributed by atoms with Gasteiger partial charge in [0.2, 0.25) is 0 Å². The Morgan fingerprint density at radius 2 is 1.72 bits per heavy atom. The minimum absolute atomic E-state index is 0.00922. The molecular formula is C23H26O6. The molecule has 29 heavy (non-hydrogen) atoms. The fraction of sp³-hybridized carbons (Fsp3) is 0.304. The number of benzene rings is 2. The van der Waals surface area contributed by atoms with Crippen LogP contribution in [0, 0.1) is 0 Å². The molecule has 0 amide bonds. The first-order chi connectivity index (χ1) is 13.7. The van der Waals surface area contributed by atoms with Gasteiger partial charge in [-0.2, -0.15) is 0 Å². The number of rotatable bonds is 8. The number of aromatic hydroxyl groups is 2. The molecule has 2 aromatic carbocycles. The Labute approximate surface area is 170 Å². The van der Waals surface area contributed by atoms with Gasteiger partial charge in [0.15, 0.2) is 6.10 Å². The molecule has 3 N–H and O–H groups in total. The molecular weight excluding hydrogens is 372 g/mol. The molecule has 2 unspecified atom stereocenters. The van der Waals surface area contributed by atoms with Crippen molar-refractivity contribution in [2.75, 3.05) is 7.11 Å². The lowest BCUT2D eigenvalue weighted by Crippen LogP contribution is -2.34. The lowest BCUT2D eigenvalue weighted by Gasteiger charge is -2.21. The number of phenolic OH excluding ortho intramolecular Hbond substituents is 2. The molecule has 0 saturated heterocycles. The minimum Gasteiger partial charge on any atom is -0.508 e. The van der Waals surface area contributed by atoms with Crippen LogP contribution in [0.1, 0.15) is 36.5 Å². The van der Waals surface area contributed by atoms with Crippen LogP contribution < -0.4 is 0 Å². The van der Waals surface area contributed by atoms with Crippen molar-refractivity contribution in [2.45, 2.75) is 38.7 Å². The van der Waals surface area contributed by atoms with Crippen LogP contribution in [0.25, 0.3) is 0 Å². The molecule has 0 saturated carbocycles. The second-order valence-electron chi connectivity index (χ2n) is 7.13. The molecule has 0 bridgehead atoms. The van der Waals surface area contributed by atoms with Gasteiger partial charge >= 0.3 is 5.97 Å². The van der Waals surface area contributed by atoms with Crippen LogP contribution in [0.4, 0.5) is 0 Å². The predicted molar refractivity (Wildman–Crippen MR) is 109 cm³/mol. The predicted octanol–water partition coefficient (Wildman–Crippen LogP) is 3.04. The van der Waals surface area contributed by atoms with Crippen LogP contribution in [-0.2, 0) is 27.2 Å². The lowest BCUT2D eigenvalue weighted by molar-refractivity contribution is -0.153. The van der Waals surface area contributed by atoms with Crippen LogP contribution in [-0.4, -0.2) is 40.3 Å². The second-order valence-corrected chi connectivity index (χ2v) is 7.13. The molecule has 0 fully saturated rings. The summed E-state index contributed by atoms with van der Waals surface area (Å²) in [5.41, 5.74) is 2.85. The molecule has 0 aromatic heterocycles. The Kier molecular flexibility index (Phi) is 7.56. The van der Waals surface area contributed by atoms with Gasteiger partial charge in [0.25, 0.3) is 0 Å². The topological polar surface area (TPSA) is 104 Å². The van der Waals surface area contributed by atoms with Gasteiger partial charge in [-0.25, -0.2) is 4.79 Å². The first kappa shape index (κ1) is 22.2. The molecule has 0 spiro atoms. The standard InChI is InChI=1S/C23H26O6/c1-14(2)4-6-17-12-15(5-11-19(17)25)13-20(26)21(22(27)23(28)29-3)16-7-9-18(24)10-8-16/h4-5,7-12,21-22,24-25,27H,6,13H2,1-3H3. The van der Waals surface area contributed by atoms with E-state index in [2.05, 4.69) is 4.74 Å². The number of carbonyl (C=O) groups excluding carboxylic acids is 2. The maximum atomic E-state index is 13.0. The van der Waals surface area contributed by atoms with Crippen molar-refractivity contribution in [3.05, 3.63) is 70.8 Å². The number of ether oxygens (including phenoxy) is 1. The molecule has 0 aliphatic rings. The van der Waals surface area contributed by atoms with E-state index in [-0.39, 0.29) is 23.7 Å². The largest absolute Gasteiger partial charge is 0.508 e. The number of Topliss-reactive ketones (excluding diaryl/α,β-unsaturated/α-hetero) is 1. The van der Waals surface area contributed by atoms with Crippen molar-refractivity contribution < 1.29 is 29.6 Å². The van der Waals surface area contributed by atoms with E-state index in [1.54, 1.807) is 12.1 Å². The maximum absolute atomic E-state index is 13.0. The third-order valence-corrected chi connectivity index (χ3v) is 4.61. The number of carbonyl (C=O) groups is 2. The molecule has 0 aliphatic carbocycles. The fourth-order valence-electron chi connectivity index (χ4n) is 3.02. The van der Waals surface area contributed by atoms with E-state index in [1.807, 2.05) is 19.9 Å². The Bertz CT molecular complexity index is 894. The molecule has 6 heteroatoms. The van der Waals surface area contributed by atoms with Crippen molar-refractivity contribution >= 4 is 11.8 Å². The van der Waals surface area contributed by atoms with E-state index in [0.717, 1.165) is 12.7 Å². The third-order valence-electron chi connectivity index (χ3n) is 4.61. The van der Waals surface area contributed by atoms with Gasteiger partial charge in [-0.15, -0.1) is 0 Å². The second kappa shape index (κ2) is 9.89. The summed E-state index contributed by atoms with van der Waals surface area (Å²) in [5.74, 6) is -2.28. The van der Waals surface area contributed by atoms with E-state index >= 15 is 0 Å². The smallest absolute Gasteiger partial charge is 0.335 e. The highest BCUT2D eigenvalue weighted by atomic mass is 16.5. The lowest BCUT2D eigenvalue weighted by atomic mass is 9.86. The Morgan fingerprint density at radius 1 is 1.07 bits per heavy atom. The summed E-state index contributed by atoms with van der Waals surface area (Å²) >= 11 is 0. The molecule has 0 heterocycles. The summed E-state index contributed by atoms with van der Waals surface area (Å²) in [4.78, 5) is 24.9. The Morgan fingerprint density at radius 3 is 2.31 bits per heavy atom. The van der Waals surface area contributed by atoms with Crippen LogP contribution in [0.5, 0.6) is 11.5 Å². The molecule has 2 rings (SSSR count). The maximum Gasteiger partial charge on any atom is 0.335 e. The van der Waals surface area contributed by atoms with Gasteiger partial charge in [-0.1, -0.05) is 35.9 Å².